The van der Waals surface area contributed by atoms with Crippen LogP contribution in [-0.4, -0.2) is 38.4 Å². The minimum Gasteiger partial charge on any atom is -0.380 e. The summed E-state index contributed by atoms with van der Waals surface area (Å²) in [4.78, 5) is 22.5. The molecule has 2 aromatic heterocycles. The van der Waals surface area contributed by atoms with Gasteiger partial charge in [-0.1, -0.05) is 6.92 Å². The molecule has 1 aliphatic rings. The number of ether oxygens (including phenoxy) is 1. The second-order valence-electron chi connectivity index (χ2n) is 8.89. The van der Waals surface area contributed by atoms with Crippen LogP contribution in [0.3, 0.4) is 0 Å². The molecule has 1 saturated carbocycles. The van der Waals surface area contributed by atoms with E-state index in [1.807, 2.05) is 13.8 Å². The van der Waals surface area contributed by atoms with E-state index in [-0.39, 0.29) is 17.5 Å². The Morgan fingerprint density at radius 3 is 2.61 bits per heavy atom. The van der Waals surface area contributed by atoms with Gasteiger partial charge in [-0.05, 0) is 75.8 Å². The molecule has 176 valence electrons. The fraction of sp³-hybridized carbons (Fsp3) is 0.480. The van der Waals surface area contributed by atoms with Gasteiger partial charge in [-0.3, -0.25) is 9.13 Å². The Morgan fingerprint density at radius 2 is 1.91 bits per heavy atom. The summed E-state index contributed by atoms with van der Waals surface area (Å²) in [5, 5.41) is 3.46. The molecule has 33 heavy (non-hydrogen) atoms. The maximum absolute atomic E-state index is 13.6. The van der Waals surface area contributed by atoms with E-state index in [2.05, 4.69) is 17.2 Å². The second kappa shape index (κ2) is 10.3. The van der Waals surface area contributed by atoms with Crippen molar-refractivity contribution >= 4 is 5.95 Å². The molecule has 2 heterocycles. The molecule has 8 heteroatoms. The van der Waals surface area contributed by atoms with E-state index in [0.29, 0.717) is 42.3 Å². The van der Waals surface area contributed by atoms with Gasteiger partial charge in [-0.2, -0.15) is 0 Å². The third-order valence-corrected chi connectivity index (χ3v) is 6.30. The standard InChI is InChI=1S/C25H32FN5O2/c1-4-33-16-18(3)30-15-23(31(25(30)32)21-11-7-19(26)8-12-21)22-13-14-27-24(29-22)28-20-9-5-17(2)6-10-20/h7-8,11-15,17-18,20H,4-6,9-10,16H2,1-3H3,(H,27,28,29). The molecule has 3 aromatic rings. The van der Waals surface area contributed by atoms with Crippen molar-refractivity contribution in [2.24, 2.45) is 5.92 Å². The fourth-order valence-electron chi connectivity index (χ4n) is 4.33. The average Bonchev–Trinajstić information content (AvgIpc) is 3.17. The smallest absolute Gasteiger partial charge is 0.333 e. The number of nitrogens with one attached hydrogen (secondary N) is 1. The van der Waals surface area contributed by atoms with Crippen LogP contribution in [0.25, 0.3) is 17.1 Å². The van der Waals surface area contributed by atoms with Crippen molar-refractivity contribution < 1.29 is 9.13 Å². The van der Waals surface area contributed by atoms with Crippen molar-refractivity contribution in [2.75, 3.05) is 18.5 Å². The van der Waals surface area contributed by atoms with E-state index >= 15 is 0 Å². The summed E-state index contributed by atoms with van der Waals surface area (Å²) in [5.41, 5.74) is 1.60. The SMILES string of the molecule is CCOCC(C)n1cc(-c2ccnc(NC3CCC(C)CC3)n2)n(-c2ccc(F)cc2)c1=O. The Kier molecular flexibility index (Phi) is 7.23. The number of rotatable bonds is 8. The molecule has 0 saturated heterocycles. The predicted octanol–water partition coefficient (Wildman–Crippen LogP) is 4.82. The zero-order valence-corrected chi connectivity index (χ0v) is 19.5. The van der Waals surface area contributed by atoms with Gasteiger partial charge >= 0.3 is 5.69 Å². The first kappa shape index (κ1) is 23.2. The highest BCUT2D eigenvalue weighted by Gasteiger charge is 2.21. The monoisotopic (exact) mass is 453 g/mol. The highest BCUT2D eigenvalue weighted by Crippen LogP contribution is 2.26. The topological polar surface area (TPSA) is 74.0 Å². The Balaban J connectivity index is 1.71. The van der Waals surface area contributed by atoms with Crippen molar-refractivity contribution in [2.45, 2.75) is 58.5 Å². The van der Waals surface area contributed by atoms with E-state index in [1.54, 1.807) is 39.7 Å². The van der Waals surface area contributed by atoms with Crippen molar-refractivity contribution in [3.8, 4) is 17.1 Å². The molecule has 7 nitrogen and oxygen atoms in total. The molecule has 0 bridgehead atoms. The van der Waals surface area contributed by atoms with E-state index in [4.69, 9.17) is 9.72 Å². The van der Waals surface area contributed by atoms with Crippen molar-refractivity contribution in [3.05, 3.63) is 59.0 Å². The zero-order valence-electron chi connectivity index (χ0n) is 19.5. The average molecular weight is 454 g/mol. The summed E-state index contributed by atoms with van der Waals surface area (Å²) in [5.74, 6) is 0.965. The number of nitrogens with zero attached hydrogens (tertiary/aromatic N) is 4. The summed E-state index contributed by atoms with van der Waals surface area (Å²) in [6.45, 7) is 7.14. The molecule has 1 fully saturated rings. The highest BCUT2D eigenvalue weighted by molar-refractivity contribution is 5.59. The number of benzene rings is 1. The Morgan fingerprint density at radius 1 is 1.18 bits per heavy atom. The van der Waals surface area contributed by atoms with Crippen LogP contribution in [0.2, 0.25) is 0 Å². The molecule has 1 aliphatic carbocycles. The van der Waals surface area contributed by atoms with Gasteiger partial charge in [0.05, 0.1) is 29.7 Å². The van der Waals surface area contributed by atoms with Gasteiger partial charge in [0.25, 0.3) is 0 Å². The molecule has 0 amide bonds. The lowest BCUT2D eigenvalue weighted by molar-refractivity contribution is 0.118. The first-order valence-corrected chi connectivity index (χ1v) is 11.7. The van der Waals surface area contributed by atoms with Gasteiger partial charge in [0, 0.05) is 25.0 Å². The van der Waals surface area contributed by atoms with Crippen LogP contribution in [0.5, 0.6) is 0 Å². The van der Waals surface area contributed by atoms with Gasteiger partial charge in [0.1, 0.15) is 5.82 Å². The number of imidazole rings is 1. The normalized spacial score (nSPS) is 19.4. The summed E-state index contributed by atoms with van der Waals surface area (Å²) in [6.07, 6.45) is 8.09. The maximum atomic E-state index is 13.6. The summed E-state index contributed by atoms with van der Waals surface area (Å²) in [7, 11) is 0. The Bertz CT molecular complexity index is 1120. The van der Waals surface area contributed by atoms with Crippen LogP contribution in [0.4, 0.5) is 10.3 Å². The van der Waals surface area contributed by atoms with Crippen LogP contribution < -0.4 is 11.0 Å². The largest absolute Gasteiger partial charge is 0.380 e. The molecular weight excluding hydrogens is 421 g/mol. The van der Waals surface area contributed by atoms with E-state index in [0.717, 1.165) is 18.8 Å². The summed E-state index contributed by atoms with van der Waals surface area (Å²) >= 11 is 0. The second-order valence-corrected chi connectivity index (χ2v) is 8.89. The van der Waals surface area contributed by atoms with Gasteiger partial charge in [-0.15, -0.1) is 0 Å². The lowest BCUT2D eigenvalue weighted by atomic mass is 9.87. The predicted molar refractivity (Wildman–Crippen MR) is 127 cm³/mol. The third-order valence-electron chi connectivity index (χ3n) is 6.30. The zero-order chi connectivity index (χ0) is 23.4. The van der Waals surface area contributed by atoms with Crippen LogP contribution in [0.1, 0.15) is 52.5 Å². The fourth-order valence-corrected chi connectivity index (χ4v) is 4.33. The Hall–Kier alpha value is -3.00. The van der Waals surface area contributed by atoms with E-state index < -0.39 is 0 Å². The minimum absolute atomic E-state index is 0.165. The van der Waals surface area contributed by atoms with Gasteiger partial charge in [0.15, 0.2) is 0 Å². The minimum atomic E-state index is -0.354. The lowest BCUT2D eigenvalue weighted by Gasteiger charge is -2.26. The number of anilines is 1. The summed E-state index contributed by atoms with van der Waals surface area (Å²) < 4.78 is 22.3. The molecule has 1 atom stereocenters. The van der Waals surface area contributed by atoms with E-state index in [1.165, 1.54) is 25.0 Å². The van der Waals surface area contributed by atoms with Crippen molar-refractivity contribution in [3.63, 3.8) is 0 Å². The molecule has 0 spiro atoms. The van der Waals surface area contributed by atoms with Crippen LogP contribution in [-0.2, 0) is 4.74 Å². The first-order valence-electron chi connectivity index (χ1n) is 11.7. The van der Waals surface area contributed by atoms with Crippen molar-refractivity contribution in [1.82, 2.24) is 19.1 Å². The number of hydrogen-bond acceptors (Lipinski definition) is 5. The van der Waals surface area contributed by atoms with Gasteiger partial charge < -0.3 is 10.1 Å². The maximum Gasteiger partial charge on any atom is 0.333 e. The summed E-state index contributed by atoms with van der Waals surface area (Å²) in [6, 6.07) is 7.88. The highest BCUT2D eigenvalue weighted by atomic mass is 19.1. The quantitative estimate of drug-likeness (QED) is 0.529. The molecule has 1 N–H and O–H groups in total. The van der Waals surface area contributed by atoms with Crippen LogP contribution >= 0.6 is 0 Å². The molecule has 4 rings (SSSR count). The number of halogens is 1. The number of hydrogen-bond donors (Lipinski definition) is 1. The first-order chi connectivity index (χ1) is 16.0. The molecular formula is C25H32FN5O2. The van der Waals surface area contributed by atoms with E-state index in [9.17, 15) is 9.18 Å². The molecule has 0 radical (unpaired) electrons. The lowest BCUT2D eigenvalue weighted by Crippen LogP contribution is -2.27. The van der Waals surface area contributed by atoms with Crippen LogP contribution in [0.15, 0.2) is 47.5 Å². The van der Waals surface area contributed by atoms with Gasteiger partial charge in [0.2, 0.25) is 5.95 Å². The molecule has 1 aromatic carbocycles. The van der Waals surface area contributed by atoms with Gasteiger partial charge in [-0.25, -0.2) is 19.2 Å². The van der Waals surface area contributed by atoms with Crippen LogP contribution in [0, 0.1) is 11.7 Å². The Labute approximate surface area is 193 Å². The van der Waals surface area contributed by atoms with Crippen molar-refractivity contribution in [1.29, 1.82) is 0 Å². The molecule has 1 unspecified atom stereocenters. The number of aromatic nitrogens is 4. The molecule has 0 aliphatic heterocycles. The third kappa shape index (κ3) is 5.33.